The third-order valence-electron chi connectivity index (χ3n) is 9.31. The Kier molecular flexibility index (Phi) is 8.39. The lowest BCUT2D eigenvalue weighted by molar-refractivity contribution is -0.255. The van der Waals surface area contributed by atoms with E-state index in [-0.39, 0.29) is 30.3 Å². The molecule has 12 nitrogen and oxygen atoms in total. The number of ether oxygens (including phenoxy) is 2. The summed E-state index contributed by atoms with van der Waals surface area (Å²) in [6.07, 6.45) is 3.26. The van der Waals surface area contributed by atoms with E-state index in [2.05, 4.69) is 20.3 Å². The van der Waals surface area contributed by atoms with Gasteiger partial charge in [0.2, 0.25) is 5.95 Å². The Balaban J connectivity index is 1.63. The number of aromatic nitrogens is 3. The number of piperidine rings is 3. The molecule has 0 saturated carbocycles. The second-order valence-electron chi connectivity index (χ2n) is 16.6. The van der Waals surface area contributed by atoms with Gasteiger partial charge in [-0.15, -0.1) is 4.98 Å². The lowest BCUT2D eigenvalue weighted by Crippen LogP contribution is -2.61. The van der Waals surface area contributed by atoms with Crippen LogP contribution < -0.4 is 14.8 Å². The Hall–Kier alpha value is -1.83. The van der Waals surface area contributed by atoms with Crippen LogP contribution in [0.4, 0.5) is 5.95 Å². The van der Waals surface area contributed by atoms with Crippen molar-refractivity contribution in [3.63, 3.8) is 0 Å². The van der Waals surface area contributed by atoms with Gasteiger partial charge >= 0.3 is 12.0 Å². The predicted molar refractivity (Wildman–Crippen MR) is 159 cm³/mol. The van der Waals surface area contributed by atoms with Crippen LogP contribution in [0.1, 0.15) is 122 Å². The molecule has 0 aromatic carbocycles. The Morgan fingerprint density at radius 2 is 0.810 bits per heavy atom. The Labute approximate surface area is 251 Å². The largest absolute Gasteiger partial charge is 0.460 e. The summed E-state index contributed by atoms with van der Waals surface area (Å²) in [6.45, 7) is 24.0. The quantitative estimate of drug-likeness (QED) is 0.341. The number of hydroxylamine groups is 6. The summed E-state index contributed by atoms with van der Waals surface area (Å²) in [5.41, 5.74) is -2.88. The van der Waals surface area contributed by atoms with E-state index in [1.807, 2.05) is 83.1 Å². The van der Waals surface area contributed by atoms with Gasteiger partial charge in [-0.1, -0.05) is 0 Å². The van der Waals surface area contributed by atoms with E-state index in [0.717, 1.165) is 0 Å². The summed E-state index contributed by atoms with van der Waals surface area (Å²) in [5.74, 6) is 0.356. The molecule has 3 aliphatic heterocycles. The Bertz CT molecular complexity index is 935. The fraction of sp³-hybridized carbons (Fsp3) is 0.900. The van der Waals surface area contributed by atoms with Crippen LogP contribution >= 0.6 is 0 Å². The summed E-state index contributed by atoms with van der Waals surface area (Å²) >= 11 is 0. The summed E-state index contributed by atoms with van der Waals surface area (Å²) < 4.78 is 12.8. The molecule has 240 valence electrons. The molecule has 1 aromatic heterocycles. The van der Waals surface area contributed by atoms with Gasteiger partial charge in [0.25, 0.3) is 0 Å². The molecule has 0 aliphatic carbocycles. The highest BCUT2D eigenvalue weighted by molar-refractivity contribution is 5.30. The van der Waals surface area contributed by atoms with Crippen molar-refractivity contribution in [2.45, 2.75) is 173 Å². The molecule has 4 rings (SSSR count). The Morgan fingerprint density at radius 3 is 1.12 bits per heavy atom. The molecule has 0 atom stereocenters. The van der Waals surface area contributed by atoms with Crippen molar-refractivity contribution < 1.29 is 25.1 Å². The monoisotopic (exact) mass is 593 g/mol. The minimum Gasteiger partial charge on any atom is -0.460 e. The average Bonchev–Trinajstić information content (AvgIpc) is 2.78. The SMILES string of the molecule is CC1(C)CC(Nc2nc(OC3CC(C)(C)N(O)C(C)(C)C3)nc(OC3CC(C)(C)N(O)C(C)(C)C3)n2)CC(C)(C)N1O. The highest BCUT2D eigenvalue weighted by Gasteiger charge is 2.48. The first-order valence-corrected chi connectivity index (χ1v) is 15.3. The van der Waals surface area contributed by atoms with Gasteiger partial charge in [-0.3, -0.25) is 0 Å². The number of nitrogens with one attached hydrogen (secondary N) is 1. The first kappa shape index (κ1) is 33.1. The summed E-state index contributed by atoms with van der Waals surface area (Å²) in [7, 11) is 0. The van der Waals surface area contributed by atoms with Crippen molar-refractivity contribution in [2.75, 3.05) is 5.32 Å². The molecule has 0 bridgehead atoms. The fourth-order valence-corrected chi connectivity index (χ4v) is 7.89. The molecule has 0 spiro atoms. The van der Waals surface area contributed by atoms with Gasteiger partial charge in [0.1, 0.15) is 12.2 Å². The first-order chi connectivity index (χ1) is 18.9. The molecular formula is C30H55N7O5. The van der Waals surface area contributed by atoms with Gasteiger partial charge in [-0.25, -0.2) is 0 Å². The van der Waals surface area contributed by atoms with Crippen LogP contribution in [0, 0.1) is 0 Å². The minimum atomic E-state index is -0.495. The summed E-state index contributed by atoms with van der Waals surface area (Å²) in [6, 6.07) is 0.330. The maximum Gasteiger partial charge on any atom is 0.324 e. The number of hydrogen-bond donors (Lipinski definition) is 4. The van der Waals surface area contributed by atoms with Crippen molar-refractivity contribution in [1.82, 2.24) is 30.1 Å². The van der Waals surface area contributed by atoms with Gasteiger partial charge in [0, 0.05) is 65.0 Å². The van der Waals surface area contributed by atoms with Crippen molar-refractivity contribution in [3.8, 4) is 12.0 Å². The van der Waals surface area contributed by atoms with E-state index in [1.54, 1.807) is 0 Å². The van der Waals surface area contributed by atoms with Crippen molar-refractivity contribution in [3.05, 3.63) is 0 Å². The zero-order valence-corrected chi connectivity index (χ0v) is 27.8. The van der Waals surface area contributed by atoms with E-state index >= 15 is 0 Å². The summed E-state index contributed by atoms with van der Waals surface area (Å²) in [4.78, 5) is 14.0. The number of hydrogen-bond acceptors (Lipinski definition) is 12. The standard InChI is InChI=1S/C30H55N7O5/c1-25(2)13-19(14-26(3,4)35(25)38)31-22-32-23(41-20-15-27(5,6)36(39)28(7,8)16-20)34-24(33-22)42-21-17-29(9,10)37(40)30(11,12)18-21/h19-21,38-40H,13-18H2,1-12H3,(H,31,32,33,34). The number of rotatable bonds is 6. The third kappa shape index (κ3) is 6.78. The van der Waals surface area contributed by atoms with Crippen LogP contribution in [0.15, 0.2) is 0 Å². The molecule has 4 N–H and O–H groups in total. The van der Waals surface area contributed by atoms with E-state index in [9.17, 15) is 15.6 Å². The van der Waals surface area contributed by atoms with Gasteiger partial charge in [0.05, 0.1) is 0 Å². The lowest BCUT2D eigenvalue weighted by atomic mass is 9.79. The van der Waals surface area contributed by atoms with Gasteiger partial charge < -0.3 is 30.4 Å². The maximum atomic E-state index is 10.8. The van der Waals surface area contributed by atoms with E-state index in [1.165, 1.54) is 15.2 Å². The Morgan fingerprint density at radius 1 is 0.524 bits per heavy atom. The normalized spacial score (nSPS) is 28.4. The topological polar surface area (TPSA) is 140 Å². The molecular weight excluding hydrogens is 538 g/mol. The highest BCUT2D eigenvalue weighted by Crippen LogP contribution is 2.41. The van der Waals surface area contributed by atoms with E-state index in [4.69, 9.17) is 9.47 Å². The summed E-state index contributed by atoms with van der Waals surface area (Å²) in [5, 5.41) is 40.1. The predicted octanol–water partition coefficient (Wildman–Crippen LogP) is 5.27. The van der Waals surface area contributed by atoms with Crippen molar-refractivity contribution in [1.29, 1.82) is 0 Å². The van der Waals surface area contributed by atoms with Gasteiger partial charge in [-0.2, -0.15) is 25.2 Å². The maximum absolute atomic E-state index is 10.8. The molecule has 1 aromatic rings. The molecule has 12 heteroatoms. The average molecular weight is 594 g/mol. The van der Waals surface area contributed by atoms with E-state index < -0.39 is 33.2 Å². The molecule has 4 heterocycles. The van der Waals surface area contributed by atoms with Gasteiger partial charge in [-0.05, 0) is 95.9 Å². The van der Waals surface area contributed by atoms with Crippen LogP contribution in [0.3, 0.4) is 0 Å². The number of nitrogens with zero attached hydrogens (tertiary/aromatic N) is 6. The van der Waals surface area contributed by atoms with E-state index in [0.29, 0.717) is 44.5 Å². The van der Waals surface area contributed by atoms with Crippen molar-refractivity contribution in [2.24, 2.45) is 0 Å². The second kappa shape index (κ2) is 10.7. The lowest BCUT2D eigenvalue weighted by Gasteiger charge is -2.51. The molecule has 0 radical (unpaired) electrons. The van der Waals surface area contributed by atoms with Crippen LogP contribution in [0.5, 0.6) is 12.0 Å². The smallest absolute Gasteiger partial charge is 0.324 e. The molecule has 42 heavy (non-hydrogen) atoms. The molecule has 3 fully saturated rings. The van der Waals surface area contributed by atoms with Gasteiger partial charge in [0.15, 0.2) is 0 Å². The van der Waals surface area contributed by atoms with Crippen LogP contribution in [-0.2, 0) is 0 Å². The van der Waals surface area contributed by atoms with Crippen LogP contribution in [0.25, 0.3) is 0 Å². The first-order valence-electron chi connectivity index (χ1n) is 15.3. The minimum absolute atomic E-state index is 0.00695. The van der Waals surface area contributed by atoms with Crippen molar-refractivity contribution >= 4 is 5.95 Å². The third-order valence-corrected chi connectivity index (χ3v) is 9.31. The molecule has 0 unspecified atom stereocenters. The molecule has 3 saturated heterocycles. The fourth-order valence-electron chi connectivity index (χ4n) is 7.89. The zero-order chi connectivity index (χ0) is 31.7. The molecule has 0 amide bonds. The van der Waals surface area contributed by atoms with Crippen LogP contribution in [0.2, 0.25) is 0 Å². The van der Waals surface area contributed by atoms with Crippen LogP contribution in [-0.4, -0.2) is 97.2 Å². The second-order valence-corrected chi connectivity index (χ2v) is 16.6. The number of anilines is 1. The molecule has 3 aliphatic rings. The zero-order valence-electron chi connectivity index (χ0n) is 27.8. The highest BCUT2D eigenvalue weighted by atomic mass is 16.5.